The van der Waals surface area contributed by atoms with Crippen LogP contribution in [0.5, 0.6) is 5.75 Å². The van der Waals surface area contributed by atoms with Crippen LogP contribution in [0, 0.1) is 25.2 Å². The summed E-state index contributed by atoms with van der Waals surface area (Å²) in [7, 11) is 1.54. The molecule has 0 aliphatic carbocycles. The zero-order chi connectivity index (χ0) is 14.7. The molecule has 5 heteroatoms. The highest BCUT2D eigenvalue weighted by Gasteiger charge is 2.11. The largest absolute Gasteiger partial charge is 0.495 e. The predicted molar refractivity (Wildman–Crippen MR) is 73.9 cm³/mol. The van der Waals surface area contributed by atoms with Crippen molar-refractivity contribution in [3.8, 4) is 11.8 Å². The number of hydrogen-bond donors (Lipinski definition) is 0. The Kier molecular flexibility index (Phi) is 3.85. The second kappa shape index (κ2) is 5.57. The summed E-state index contributed by atoms with van der Waals surface area (Å²) in [5.41, 5.74) is 3.65. The summed E-state index contributed by atoms with van der Waals surface area (Å²) < 4.78 is 6.96. The van der Waals surface area contributed by atoms with E-state index in [1.54, 1.807) is 10.7 Å². The zero-order valence-corrected chi connectivity index (χ0v) is 11.7. The topological polar surface area (TPSA) is 67.9 Å². The summed E-state index contributed by atoms with van der Waals surface area (Å²) in [5.74, 6) is 0.544. The third-order valence-electron chi connectivity index (χ3n) is 3.27. The molecule has 102 valence electrons. The lowest BCUT2D eigenvalue weighted by atomic mass is 10.1. The van der Waals surface area contributed by atoms with E-state index in [2.05, 4.69) is 11.2 Å². The lowest BCUT2D eigenvalue weighted by Gasteiger charge is -2.08. The minimum Gasteiger partial charge on any atom is -0.495 e. The quantitative estimate of drug-likeness (QED) is 0.798. The van der Waals surface area contributed by atoms with Crippen molar-refractivity contribution in [1.29, 1.82) is 5.26 Å². The number of carbonyl (C=O) groups excluding carboxylic acids is 1. The average molecular weight is 269 g/mol. The van der Waals surface area contributed by atoms with E-state index in [0.29, 0.717) is 23.4 Å². The summed E-state index contributed by atoms with van der Waals surface area (Å²) in [6.07, 6.45) is 0.827. The van der Waals surface area contributed by atoms with Crippen LogP contribution in [0.4, 0.5) is 0 Å². The highest BCUT2D eigenvalue weighted by molar-refractivity contribution is 5.78. The molecule has 20 heavy (non-hydrogen) atoms. The Bertz CT molecular complexity index is 696. The third kappa shape index (κ3) is 2.41. The van der Waals surface area contributed by atoms with Crippen LogP contribution >= 0.6 is 0 Å². The van der Waals surface area contributed by atoms with E-state index >= 15 is 0 Å². The molecule has 0 amide bonds. The minimum absolute atomic E-state index is 0.498. The molecule has 2 aromatic rings. The molecular formula is C15H15N3O2. The van der Waals surface area contributed by atoms with Crippen LogP contribution in [0.25, 0.3) is 0 Å². The van der Waals surface area contributed by atoms with Crippen molar-refractivity contribution >= 4 is 6.29 Å². The van der Waals surface area contributed by atoms with Gasteiger partial charge in [-0.1, -0.05) is 6.07 Å². The minimum atomic E-state index is 0.498. The van der Waals surface area contributed by atoms with E-state index in [1.165, 1.54) is 7.11 Å². The maximum Gasteiger partial charge on any atom is 0.153 e. The lowest BCUT2D eigenvalue weighted by molar-refractivity contribution is 0.112. The van der Waals surface area contributed by atoms with Gasteiger partial charge in [-0.2, -0.15) is 10.4 Å². The first kappa shape index (κ1) is 13.8. The predicted octanol–water partition coefficient (Wildman–Crippen LogP) is 2.24. The smallest absolute Gasteiger partial charge is 0.153 e. The highest BCUT2D eigenvalue weighted by atomic mass is 16.5. The van der Waals surface area contributed by atoms with Gasteiger partial charge in [0.2, 0.25) is 0 Å². The molecule has 0 saturated heterocycles. The number of methoxy groups -OCH3 is 1. The molecule has 0 saturated carbocycles. The van der Waals surface area contributed by atoms with Gasteiger partial charge in [-0.05, 0) is 31.5 Å². The number of aryl methyl sites for hydroxylation is 1. The van der Waals surface area contributed by atoms with Crippen molar-refractivity contribution in [1.82, 2.24) is 9.78 Å². The highest BCUT2D eigenvalue weighted by Crippen LogP contribution is 2.20. The van der Waals surface area contributed by atoms with Gasteiger partial charge in [0.25, 0.3) is 0 Å². The number of nitriles is 1. The van der Waals surface area contributed by atoms with Crippen molar-refractivity contribution in [2.75, 3.05) is 7.11 Å². The third-order valence-corrected chi connectivity index (χ3v) is 3.27. The molecule has 0 N–H and O–H groups in total. The first-order chi connectivity index (χ1) is 9.60. The molecule has 1 aromatic heterocycles. The SMILES string of the molecule is COc1cc(Cn2nc(C)c(C=O)c2C)ccc1C#N. The fourth-order valence-corrected chi connectivity index (χ4v) is 2.13. The number of rotatable bonds is 4. The number of carbonyl (C=O) groups is 1. The standard InChI is InChI=1S/C15H15N3O2/c1-10-14(9-19)11(2)18(17-10)8-12-4-5-13(7-16)15(6-12)20-3/h4-6,9H,8H2,1-3H3. The van der Waals surface area contributed by atoms with E-state index in [1.807, 2.05) is 26.0 Å². The number of hydrogen-bond acceptors (Lipinski definition) is 4. The summed E-state index contributed by atoms with van der Waals surface area (Å²) in [6, 6.07) is 7.47. The summed E-state index contributed by atoms with van der Waals surface area (Å²) in [5, 5.41) is 13.3. The van der Waals surface area contributed by atoms with Gasteiger partial charge in [-0.3, -0.25) is 9.48 Å². The maximum atomic E-state index is 11.0. The Labute approximate surface area is 117 Å². The average Bonchev–Trinajstić information content (AvgIpc) is 2.72. The second-order valence-corrected chi connectivity index (χ2v) is 4.51. The Morgan fingerprint density at radius 1 is 1.45 bits per heavy atom. The van der Waals surface area contributed by atoms with Crippen LogP contribution in [-0.4, -0.2) is 23.2 Å². The van der Waals surface area contributed by atoms with Crippen LogP contribution in [-0.2, 0) is 6.54 Å². The van der Waals surface area contributed by atoms with Crippen molar-refractivity contribution in [2.24, 2.45) is 0 Å². The van der Waals surface area contributed by atoms with Crippen molar-refractivity contribution in [3.63, 3.8) is 0 Å². The Morgan fingerprint density at radius 3 is 2.75 bits per heavy atom. The van der Waals surface area contributed by atoms with Crippen LogP contribution in [0.3, 0.4) is 0 Å². The Hall–Kier alpha value is -2.61. The molecule has 0 atom stereocenters. The first-order valence-corrected chi connectivity index (χ1v) is 6.17. The molecule has 0 fully saturated rings. The number of ether oxygens (including phenoxy) is 1. The van der Waals surface area contributed by atoms with E-state index in [0.717, 1.165) is 23.2 Å². The molecule has 0 spiro atoms. The van der Waals surface area contributed by atoms with E-state index in [4.69, 9.17) is 10.00 Å². The summed E-state index contributed by atoms with van der Waals surface area (Å²) in [4.78, 5) is 11.0. The van der Waals surface area contributed by atoms with Gasteiger partial charge in [0.15, 0.2) is 6.29 Å². The summed E-state index contributed by atoms with van der Waals surface area (Å²) in [6.45, 7) is 4.21. The molecule has 2 rings (SSSR count). The van der Waals surface area contributed by atoms with Crippen LogP contribution in [0.2, 0.25) is 0 Å². The van der Waals surface area contributed by atoms with Crippen molar-refractivity contribution < 1.29 is 9.53 Å². The number of aromatic nitrogens is 2. The second-order valence-electron chi connectivity index (χ2n) is 4.51. The van der Waals surface area contributed by atoms with Crippen molar-refractivity contribution in [3.05, 3.63) is 46.3 Å². The molecule has 0 bridgehead atoms. The van der Waals surface area contributed by atoms with Gasteiger partial charge in [0.1, 0.15) is 11.8 Å². The molecule has 5 nitrogen and oxygen atoms in total. The fourth-order valence-electron chi connectivity index (χ4n) is 2.13. The van der Waals surface area contributed by atoms with Gasteiger partial charge in [-0.15, -0.1) is 0 Å². The molecule has 1 heterocycles. The maximum absolute atomic E-state index is 11.0. The lowest BCUT2D eigenvalue weighted by Crippen LogP contribution is -2.05. The monoisotopic (exact) mass is 269 g/mol. The number of benzene rings is 1. The molecular weight excluding hydrogens is 254 g/mol. The Balaban J connectivity index is 2.36. The van der Waals surface area contributed by atoms with Gasteiger partial charge in [0, 0.05) is 5.69 Å². The van der Waals surface area contributed by atoms with Crippen molar-refractivity contribution in [2.45, 2.75) is 20.4 Å². The molecule has 1 aromatic carbocycles. The molecule has 0 unspecified atom stereocenters. The summed E-state index contributed by atoms with van der Waals surface area (Å²) >= 11 is 0. The van der Waals surface area contributed by atoms with Crippen LogP contribution < -0.4 is 4.74 Å². The molecule has 0 aliphatic rings. The van der Waals surface area contributed by atoms with E-state index in [9.17, 15) is 4.79 Å². The first-order valence-electron chi connectivity index (χ1n) is 6.17. The van der Waals surface area contributed by atoms with Gasteiger partial charge >= 0.3 is 0 Å². The van der Waals surface area contributed by atoms with E-state index < -0.39 is 0 Å². The van der Waals surface area contributed by atoms with Crippen LogP contribution in [0.15, 0.2) is 18.2 Å². The zero-order valence-electron chi connectivity index (χ0n) is 11.7. The number of aldehydes is 1. The Morgan fingerprint density at radius 2 is 2.20 bits per heavy atom. The van der Waals surface area contributed by atoms with Gasteiger partial charge in [0.05, 0.1) is 30.5 Å². The van der Waals surface area contributed by atoms with Crippen LogP contribution in [0.1, 0.15) is 32.9 Å². The normalized spacial score (nSPS) is 10.1. The molecule has 0 aliphatic heterocycles. The van der Waals surface area contributed by atoms with Gasteiger partial charge < -0.3 is 4.74 Å². The molecule has 0 radical (unpaired) electrons. The van der Waals surface area contributed by atoms with Gasteiger partial charge in [-0.25, -0.2) is 0 Å². The fraction of sp³-hybridized carbons (Fsp3) is 0.267. The number of nitrogens with zero attached hydrogens (tertiary/aromatic N) is 3. The van der Waals surface area contributed by atoms with E-state index in [-0.39, 0.29) is 0 Å².